The van der Waals surface area contributed by atoms with Crippen LogP contribution in [-0.4, -0.2) is 27.9 Å². The van der Waals surface area contributed by atoms with Crippen molar-refractivity contribution in [2.24, 2.45) is 5.92 Å². The average Bonchev–Trinajstić information content (AvgIpc) is 3.24. The Balaban J connectivity index is 1.68. The zero-order chi connectivity index (χ0) is 12.7. The molecule has 0 bridgehead atoms. The molecule has 0 saturated heterocycles. The average molecular weight is 244 g/mol. The van der Waals surface area contributed by atoms with Gasteiger partial charge in [-0.05, 0) is 50.7 Å². The molecule has 0 radical (unpaired) electrons. The van der Waals surface area contributed by atoms with Crippen LogP contribution in [0, 0.1) is 5.92 Å². The Morgan fingerprint density at radius 2 is 2.22 bits per heavy atom. The largest absolute Gasteiger partial charge is 0.337 e. The van der Waals surface area contributed by atoms with Crippen molar-refractivity contribution in [2.45, 2.75) is 51.1 Å². The number of hydrogen-bond acceptors (Lipinski definition) is 2. The van der Waals surface area contributed by atoms with Gasteiger partial charge in [0.1, 0.15) is 0 Å². The molecule has 3 heteroatoms. The molecule has 0 N–H and O–H groups in total. The third kappa shape index (κ3) is 2.14. The van der Waals surface area contributed by atoms with Crippen LogP contribution in [0.1, 0.15) is 44.6 Å². The van der Waals surface area contributed by atoms with Gasteiger partial charge >= 0.3 is 0 Å². The number of hydrogen-bond donors (Lipinski definition) is 0. The van der Waals surface area contributed by atoms with Crippen molar-refractivity contribution in [3.8, 4) is 0 Å². The molecule has 0 aromatic carbocycles. The van der Waals surface area contributed by atoms with Crippen molar-refractivity contribution in [1.82, 2.24) is 9.88 Å². The van der Waals surface area contributed by atoms with E-state index in [9.17, 15) is 4.79 Å². The summed E-state index contributed by atoms with van der Waals surface area (Å²) in [7, 11) is 0. The van der Waals surface area contributed by atoms with Gasteiger partial charge in [-0.3, -0.25) is 9.78 Å². The molecular formula is C15H20N2O. The lowest BCUT2D eigenvalue weighted by Gasteiger charge is -2.27. The molecule has 2 aliphatic rings. The fraction of sp³-hybridized carbons (Fsp3) is 0.600. The number of nitrogens with zero attached hydrogens (tertiary/aromatic N) is 2. The van der Waals surface area contributed by atoms with Crippen LogP contribution in [0.4, 0.5) is 0 Å². The standard InChI is InChI=1S/C15H20N2O/c1-10(2)17(12-5-6-12)15(18)14-8-13(14)11-4-3-7-16-9-11/h3-4,7,9-10,12-14H,5-6,8H2,1-2H3. The second kappa shape index (κ2) is 4.38. The van der Waals surface area contributed by atoms with Crippen LogP contribution in [0.25, 0.3) is 0 Å². The van der Waals surface area contributed by atoms with Crippen molar-refractivity contribution < 1.29 is 4.79 Å². The van der Waals surface area contributed by atoms with Crippen molar-refractivity contribution in [2.75, 3.05) is 0 Å². The summed E-state index contributed by atoms with van der Waals surface area (Å²) >= 11 is 0. The number of carbonyl (C=O) groups excluding carboxylic acids is 1. The summed E-state index contributed by atoms with van der Waals surface area (Å²) in [6.07, 6.45) is 7.06. The molecule has 1 aromatic heterocycles. The topological polar surface area (TPSA) is 33.2 Å². The minimum atomic E-state index is 0.206. The molecule has 1 amide bonds. The Labute approximate surface area is 108 Å². The molecule has 0 spiro atoms. The highest BCUT2D eigenvalue weighted by Gasteiger charge is 2.48. The number of rotatable bonds is 4. The first-order valence-electron chi connectivity index (χ1n) is 6.90. The summed E-state index contributed by atoms with van der Waals surface area (Å²) in [5.74, 6) is 0.977. The highest BCUT2D eigenvalue weighted by atomic mass is 16.2. The Bertz CT molecular complexity index is 437. The number of pyridine rings is 1. The van der Waals surface area contributed by atoms with Crippen molar-refractivity contribution in [3.63, 3.8) is 0 Å². The Morgan fingerprint density at radius 1 is 1.44 bits per heavy atom. The van der Waals surface area contributed by atoms with Crippen LogP contribution >= 0.6 is 0 Å². The Hall–Kier alpha value is -1.38. The predicted molar refractivity (Wildman–Crippen MR) is 70.1 cm³/mol. The maximum atomic E-state index is 12.5. The third-order valence-corrected chi connectivity index (χ3v) is 3.97. The van der Waals surface area contributed by atoms with E-state index >= 15 is 0 Å². The molecule has 3 nitrogen and oxygen atoms in total. The number of carbonyl (C=O) groups is 1. The van der Waals surface area contributed by atoms with Gasteiger partial charge < -0.3 is 4.90 Å². The van der Waals surface area contributed by atoms with Gasteiger partial charge in [-0.2, -0.15) is 0 Å². The zero-order valence-corrected chi connectivity index (χ0v) is 11.0. The SMILES string of the molecule is CC(C)N(C(=O)C1CC1c1cccnc1)C1CC1. The van der Waals surface area contributed by atoms with Crippen molar-refractivity contribution >= 4 is 5.91 Å². The minimum absolute atomic E-state index is 0.206. The summed E-state index contributed by atoms with van der Waals surface area (Å²) in [5, 5.41) is 0. The fourth-order valence-corrected chi connectivity index (χ4v) is 2.83. The van der Waals surface area contributed by atoms with Gasteiger partial charge in [0, 0.05) is 30.4 Å². The van der Waals surface area contributed by atoms with E-state index in [0.29, 0.717) is 23.9 Å². The van der Waals surface area contributed by atoms with Crippen LogP contribution in [-0.2, 0) is 4.79 Å². The van der Waals surface area contributed by atoms with E-state index in [0.717, 1.165) is 6.42 Å². The second-order valence-corrected chi connectivity index (χ2v) is 5.81. The molecule has 2 saturated carbocycles. The van der Waals surface area contributed by atoms with Gasteiger partial charge in [-0.1, -0.05) is 6.07 Å². The maximum absolute atomic E-state index is 12.5. The maximum Gasteiger partial charge on any atom is 0.226 e. The van der Waals surface area contributed by atoms with Gasteiger partial charge in [-0.25, -0.2) is 0 Å². The fourth-order valence-electron chi connectivity index (χ4n) is 2.83. The van der Waals surface area contributed by atoms with Crippen molar-refractivity contribution in [3.05, 3.63) is 30.1 Å². The van der Waals surface area contributed by atoms with Crippen LogP contribution in [0.5, 0.6) is 0 Å². The normalized spacial score (nSPS) is 26.2. The van der Waals surface area contributed by atoms with E-state index in [1.165, 1.54) is 18.4 Å². The number of aromatic nitrogens is 1. The summed E-state index contributed by atoms with van der Waals surface area (Å²) < 4.78 is 0. The monoisotopic (exact) mass is 244 g/mol. The molecule has 2 unspecified atom stereocenters. The lowest BCUT2D eigenvalue weighted by atomic mass is 10.1. The molecule has 2 fully saturated rings. The van der Waals surface area contributed by atoms with Gasteiger partial charge in [0.05, 0.1) is 0 Å². The molecule has 2 atom stereocenters. The number of amides is 1. The van der Waals surface area contributed by atoms with Gasteiger partial charge in [-0.15, -0.1) is 0 Å². The predicted octanol–water partition coefficient (Wildman–Crippen LogP) is 2.58. The Morgan fingerprint density at radius 3 is 2.78 bits per heavy atom. The third-order valence-electron chi connectivity index (χ3n) is 3.97. The smallest absolute Gasteiger partial charge is 0.226 e. The highest BCUT2D eigenvalue weighted by Crippen LogP contribution is 2.49. The second-order valence-electron chi connectivity index (χ2n) is 5.81. The van der Waals surface area contributed by atoms with E-state index in [-0.39, 0.29) is 5.92 Å². The first kappa shape index (κ1) is 11.7. The van der Waals surface area contributed by atoms with Crippen LogP contribution in [0.15, 0.2) is 24.5 Å². The molecule has 1 heterocycles. The van der Waals surface area contributed by atoms with Crippen LogP contribution in [0.3, 0.4) is 0 Å². The van der Waals surface area contributed by atoms with E-state index in [4.69, 9.17) is 0 Å². The molecule has 0 aliphatic heterocycles. The highest BCUT2D eigenvalue weighted by molar-refractivity contribution is 5.83. The van der Waals surface area contributed by atoms with E-state index in [1.807, 2.05) is 12.3 Å². The first-order chi connectivity index (χ1) is 8.68. The lowest BCUT2D eigenvalue weighted by molar-refractivity contribution is -0.135. The van der Waals surface area contributed by atoms with Crippen molar-refractivity contribution in [1.29, 1.82) is 0 Å². The molecule has 18 heavy (non-hydrogen) atoms. The summed E-state index contributed by atoms with van der Waals surface area (Å²) in [6.45, 7) is 4.25. The van der Waals surface area contributed by atoms with E-state index < -0.39 is 0 Å². The van der Waals surface area contributed by atoms with Crippen LogP contribution in [0.2, 0.25) is 0 Å². The Kier molecular flexibility index (Phi) is 2.84. The molecule has 3 rings (SSSR count). The van der Waals surface area contributed by atoms with Gasteiger partial charge in [0.25, 0.3) is 0 Å². The lowest BCUT2D eigenvalue weighted by Crippen LogP contribution is -2.40. The summed E-state index contributed by atoms with van der Waals surface area (Å²) in [4.78, 5) is 18.8. The summed E-state index contributed by atoms with van der Waals surface area (Å²) in [6, 6.07) is 4.89. The van der Waals surface area contributed by atoms with E-state index in [2.05, 4.69) is 29.8 Å². The quantitative estimate of drug-likeness (QED) is 0.815. The summed E-state index contributed by atoms with van der Waals surface area (Å²) in [5.41, 5.74) is 1.22. The minimum Gasteiger partial charge on any atom is -0.337 e. The zero-order valence-electron chi connectivity index (χ0n) is 11.0. The molecular weight excluding hydrogens is 224 g/mol. The molecule has 1 aromatic rings. The van der Waals surface area contributed by atoms with Gasteiger partial charge in [0.2, 0.25) is 5.91 Å². The molecule has 96 valence electrons. The van der Waals surface area contributed by atoms with Crippen LogP contribution < -0.4 is 0 Å². The first-order valence-corrected chi connectivity index (χ1v) is 6.90. The van der Waals surface area contributed by atoms with Gasteiger partial charge in [0.15, 0.2) is 0 Å². The molecule has 2 aliphatic carbocycles. The van der Waals surface area contributed by atoms with E-state index in [1.54, 1.807) is 6.20 Å².